The van der Waals surface area contributed by atoms with E-state index >= 15 is 0 Å². The van der Waals surface area contributed by atoms with Crippen molar-refractivity contribution in [2.45, 2.75) is 0 Å². The van der Waals surface area contributed by atoms with Crippen LogP contribution in [-0.4, -0.2) is 4.98 Å². The number of hydrogen-bond donors (Lipinski definition) is 2. The minimum atomic E-state index is 0.650. The summed E-state index contributed by atoms with van der Waals surface area (Å²) in [5.74, 6) is 0.673. The van der Waals surface area contributed by atoms with Gasteiger partial charge in [-0.15, -0.1) is 0 Å². The molecule has 24 heavy (non-hydrogen) atoms. The minimum absolute atomic E-state index is 0.650. The van der Waals surface area contributed by atoms with E-state index in [-0.39, 0.29) is 0 Å². The molecule has 0 spiro atoms. The second-order valence-electron chi connectivity index (χ2n) is 5.67. The molecule has 0 aliphatic rings. The molecule has 0 unspecified atom stereocenters. The van der Waals surface area contributed by atoms with E-state index in [0.29, 0.717) is 11.5 Å². The molecule has 1 aromatic heterocycles. The molecule has 0 radical (unpaired) electrons. The number of hydrogen-bond acceptors (Lipinski definition) is 3. The molecule has 1 heterocycles. The smallest absolute Gasteiger partial charge is 0.154 e. The largest absolute Gasteiger partial charge is 0.395 e. The predicted molar refractivity (Wildman–Crippen MR) is 101 cm³/mol. The van der Waals surface area contributed by atoms with E-state index in [4.69, 9.17) is 5.73 Å². The molecule has 0 atom stereocenters. The first-order chi connectivity index (χ1) is 11.8. The number of nitrogen functional groups attached to an aromatic ring is 1. The Hall–Kier alpha value is -3.33. The van der Waals surface area contributed by atoms with Gasteiger partial charge in [-0.3, -0.25) is 0 Å². The number of anilines is 3. The third-order valence-electron chi connectivity index (χ3n) is 4.09. The molecule has 0 saturated carbocycles. The molecule has 4 rings (SSSR count). The van der Waals surface area contributed by atoms with Crippen LogP contribution in [0.3, 0.4) is 0 Å². The van der Waals surface area contributed by atoms with Crippen LogP contribution >= 0.6 is 0 Å². The van der Waals surface area contributed by atoms with Gasteiger partial charge in [-0.2, -0.15) is 0 Å². The summed E-state index contributed by atoms with van der Waals surface area (Å²) in [5, 5.41) is 5.70. The number of rotatable bonds is 3. The summed E-state index contributed by atoms with van der Waals surface area (Å²) in [6.07, 6.45) is 1.78. The molecule has 3 heteroatoms. The number of fused-ring (bicyclic) bond motifs is 1. The van der Waals surface area contributed by atoms with Crippen LogP contribution in [0, 0.1) is 0 Å². The Morgan fingerprint density at radius 3 is 2.33 bits per heavy atom. The van der Waals surface area contributed by atoms with Crippen LogP contribution < -0.4 is 11.1 Å². The maximum atomic E-state index is 6.38. The van der Waals surface area contributed by atoms with Crippen LogP contribution in [0.5, 0.6) is 0 Å². The first-order valence-corrected chi connectivity index (χ1v) is 7.87. The Bertz CT molecular complexity index is 994. The molecule has 4 aromatic rings. The second kappa shape index (κ2) is 6.05. The highest BCUT2D eigenvalue weighted by Crippen LogP contribution is 2.33. The lowest BCUT2D eigenvalue weighted by Gasteiger charge is -2.12. The van der Waals surface area contributed by atoms with Crippen molar-refractivity contribution in [1.82, 2.24) is 4.98 Å². The van der Waals surface area contributed by atoms with Crippen molar-refractivity contribution < 1.29 is 0 Å². The van der Waals surface area contributed by atoms with Crippen LogP contribution in [0.1, 0.15) is 0 Å². The standard InChI is InChI=1S/C21H17N3/c22-20-19(17-11-10-15-6-4-5-7-16(15)14-17)12-13-23-21(20)24-18-8-2-1-3-9-18/h1-14H,22H2,(H,23,24). The summed E-state index contributed by atoms with van der Waals surface area (Å²) in [4.78, 5) is 4.39. The average Bonchev–Trinajstić information content (AvgIpc) is 2.64. The maximum absolute atomic E-state index is 6.38. The summed E-state index contributed by atoms with van der Waals surface area (Å²) in [7, 11) is 0. The molecule has 0 fully saturated rings. The number of nitrogens with two attached hydrogens (primary N) is 1. The van der Waals surface area contributed by atoms with Gasteiger partial charge in [0.05, 0.1) is 5.69 Å². The summed E-state index contributed by atoms with van der Waals surface area (Å²) in [6, 6.07) is 26.6. The molecule has 0 aliphatic heterocycles. The normalized spacial score (nSPS) is 10.7. The lowest BCUT2D eigenvalue weighted by molar-refractivity contribution is 1.31. The van der Waals surface area contributed by atoms with Crippen molar-refractivity contribution in [3.05, 3.63) is 85.1 Å². The van der Waals surface area contributed by atoms with Crippen LogP contribution in [0.25, 0.3) is 21.9 Å². The zero-order valence-corrected chi connectivity index (χ0v) is 13.1. The first-order valence-electron chi connectivity index (χ1n) is 7.87. The fraction of sp³-hybridized carbons (Fsp3) is 0. The van der Waals surface area contributed by atoms with Crippen molar-refractivity contribution in [1.29, 1.82) is 0 Å². The van der Waals surface area contributed by atoms with Crippen LogP contribution in [0.15, 0.2) is 85.1 Å². The molecular weight excluding hydrogens is 294 g/mol. The van der Waals surface area contributed by atoms with Crippen molar-refractivity contribution in [3.8, 4) is 11.1 Å². The molecule has 3 nitrogen and oxygen atoms in total. The van der Waals surface area contributed by atoms with E-state index in [2.05, 4.69) is 40.6 Å². The molecule has 0 amide bonds. The van der Waals surface area contributed by atoms with Gasteiger partial charge in [0, 0.05) is 17.4 Å². The summed E-state index contributed by atoms with van der Waals surface area (Å²) in [5.41, 5.74) is 10.1. The van der Waals surface area contributed by atoms with Crippen molar-refractivity contribution in [2.24, 2.45) is 0 Å². The zero-order chi connectivity index (χ0) is 16.4. The van der Waals surface area contributed by atoms with Gasteiger partial charge in [0.2, 0.25) is 0 Å². The van der Waals surface area contributed by atoms with Crippen LogP contribution in [-0.2, 0) is 0 Å². The van der Waals surface area contributed by atoms with Crippen molar-refractivity contribution in [2.75, 3.05) is 11.1 Å². The molecule has 0 aliphatic carbocycles. The Morgan fingerprint density at radius 1 is 0.750 bits per heavy atom. The minimum Gasteiger partial charge on any atom is -0.395 e. The van der Waals surface area contributed by atoms with E-state index in [1.807, 2.05) is 48.5 Å². The Balaban J connectivity index is 1.76. The number of nitrogens with one attached hydrogen (secondary N) is 1. The quantitative estimate of drug-likeness (QED) is 0.545. The fourth-order valence-corrected chi connectivity index (χ4v) is 2.84. The lowest BCUT2D eigenvalue weighted by atomic mass is 10.0. The van der Waals surface area contributed by atoms with Gasteiger partial charge in [0.1, 0.15) is 0 Å². The molecule has 0 saturated heterocycles. The van der Waals surface area contributed by atoms with Crippen LogP contribution in [0.4, 0.5) is 17.2 Å². The highest BCUT2D eigenvalue weighted by molar-refractivity contribution is 5.91. The maximum Gasteiger partial charge on any atom is 0.154 e. The number of para-hydroxylation sites is 1. The monoisotopic (exact) mass is 311 g/mol. The van der Waals surface area contributed by atoms with Gasteiger partial charge in [-0.25, -0.2) is 4.98 Å². The molecule has 3 N–H and O–H groups in total. The molecule has 3 aromatic carbocycles. The van der Waals surface area contributed by atoms with Gasteiger partial charge >= 0.3 is 0 Å². The van der Waals surface area contributed by atoms with E-state index in [1.165, 1.54) is 10.8 Å². The van der Waals surface area contributed by atoms with Crippen molar-refractivity contribution in [3.63, 3.8) is 0 Å². The van der Waals surface area contributed by atoms with E-state index in [9.17, 15) is 0 Å². The van der Waals surface area contributed by atoms with Gasteiger partial charge in [-0.1, -0.05) is 54.6 Å². The highest BCUT2D eigenvalue weighted by atomic mass is 15.0. The topological polar surface area (TPSA) is 50.9 Å². The zero-order valence-electron chi connectivity index (χ0n) is 13.1. The molecular formula is C21H17N3. The lowest BCUT2D eigenvalue weighted by Crippen LogP contribution is -2.00. The average molecular weight is 311 g/mol. The third kappa shape index (κ3) is 2.68. The highest BCUT2D eigenvalue weighted by Gasteiger charge is 2.09. The first kappa shape index (κ1) is 14.3. The number of aromatic nitrogens is 1. The Morgan fingerprint density at radius 2 is 1.50 bits per heavy atom. The van der Waals surface area contributed by atoms with E-state index < -0.39 is 0 Å². The fourth-order valence-electron chi connectivity index (χ4n) is 2.84. The molecule has 0 bridgehead atoms. The van der Waals surface area contributed by atoms with Gasteiger partial charge in [-0.05, 0) is 40.6 Å². The van der Waals surface area contributed by atoms with E-state index in [0.717, 1.165) is 16.8 Å². The second-order valence-corrected chi connectivity index (χ2v) is 5.67. The molecule has 116 valence electrons. The summed E-state index contributed by atoms with van der Waals surface area (Å²) in [6.45, 7) is 0. The van der Waals surface area contributed by atoms with Gasteiger partial charge in [0.15, 0.2) is 5.82 Å². The van der Waals surface area contributed by atoms with Crippen molar-refractivity contribution >= 4 is 28.0 Å². The van der Waals surface area contributed by atoms with Crippen LogP contribution in [0.2, 0.25) is 0 Å². The number of nitrogens with zero attached hydrogens (tertiary/aromatic N) is 1. The Labute approximate surface area is 140 Å². The summed E-state index contributed by atoms with van der Waals surface area (Å²) >= 11 is 0. The van der Waals surface area contributed by atoms with E-state index in [1.54, 1.807) is 6.20 Å². The number of pyridine rings is 1. The predicted octanol–water partition coefficient (Wildman–Crippen LogP) is 5.23. The Kier molecular flexibility index (Phi) is 3.60. The van der Waals surface area contributed by atoms with Gasteiger partial charge in [0.25, 0.3) is 0 Å². The number of benzene rings is 3. The third-order valence-corrected chi connectivity index (χ3v) is 4.09. The summed E-state index contributed by atoms with van der Waals surface area (Å²) < 4.78 is 0. The van der Waals surface area contributed by atoms with Gasteiger partial charge < -0.3 is 11.1 Å². The SMILES string of the molecule is Nc1c(-c2ccc3ccccc3c2)ccnc1Nc1ccccc1.